The van der Waals surface area contributed by atoms with Crippen LogP contribution in [0.2, 0.25) is 0 Å². The van der Waals surface area contributed by atoms with Crippen LogP contribution in [0.15, 0.2) is 47.4 Å². The Bertz CT molecular complexity index is 884. The zero-order chi connectivity index (χ0) is 17.0. The van der Waals surface area contributed by atoms with Gasteiger partial charge in [-0.15, -0.1) is 0 Å². The van der Waals surface area contributed by atoms with Crippen LogP contribution < -0.4 is 4.72 Å². The molecule has 8 heteroatoms. The van der Waals surface area contributed by atoms with E-state index in [1.54, 1.807) is 12.1 Å². The second-order valence-electron chi connectivity index (χ2n) is 4.84. The van der Waals surface area contributed by atoms with Crippen LogP contribution in [0.3, 0.4) is 0 Å². The summed E-state index contributed by atoms with van der Waals surface area (Å²) in [7, 11) is -3.93. The third-order valence-corrected chi connectivity index (χ3v) is 4.56. The highest BCUT2D eigenvalue weighted by Gasteiger charge is 2.19. The van der Waals surface area contributed by atoms with Gasteiger partial charge in [-0.3, -0.25) is 14.8 Å². The fourth-order valence-corrected chi connectivity index (χ4v) is 3.03. The summed E-state index contributed by atoms with van der Waals surface area (Å²) in [4.78, 5) is 10.1. The lowest BCUT2D eigenvalue weighted by molar-refractivity contribution is -0.385. The number of nitrogens with zero attached hydrogens (tertiary/aromatic N) is 2. The van der Waals surface area contributed by atoms with E-state index in [1.165, 1.54) is 31.2 Å². The highest BCUT2D eigenvalue weighted by molar-refractivity contribution is 7.92. The Balaban J connectivity index is 2.30. The maximum Gasteiger partial charge on any atom is 0.273 e. The number of nitro benzene ring substituents is 1. The first-order valence-electron chi connectivity index (χ1n) is 6.57. The normalized spacial score (nSPS) is 10.8. The number of hydrogen-bond donors (Lipinski definition) is 1. The van der Waals surface area contributed by atoms with E-state index in [-0.39, 0.29) is 17.0 Å². The van der Waals surface area contributed by atoms with Gasteiger partial charge in [-0.05, 0) is 30.7 Å². The van der Waals surface area contributed by atoms with Crippen LogP contribution in [0.5, 0.6) is 0 Å². The zero-order valence-electron chi connectivity index (χ0n) is 12.2. The van der Waals surface area contributed by atoms with Gasteiger partial charge in [0.05, 0.1) is 22.3 Å². The second-order valence-corrected chi connectivity index (χ2v) is 6.53. The predicted octanol–water partition coefficient (Wildman–Crippen LogP) is 2.77. The van der Waals surface area contributed by atoms with Crippen molar-refractivity contribution >= 4 is 21.4 Å². The van der Waals surface area contributed by atoms with Gasteiger partial charge in [0.2, 0.25) is 0 Å². The Kier molecular flexibility index (Phi) is 4.62. The third kappa shape index (κ3) is 3.84. The van der Waals surface area contributed by atoms with E-state index in [4.69, 9.17) is 5.26 Å². The number of nitriles is 1. The first-order chi connectivity index (χ1) is 10.8. The molecule has 2 aromatic carbocycles. The van der Waals surface area contributed by atoms with Gasteiger partial charge in [0, 0.05) is 17.3 Å². The Hall–Kier alpha value is -2.92. The Morgan fingerprint density at radius 2 is 1.87 bits per heavy atom. The van der Waals surface area contributed by atoms with Gasteiger partial charge in [0.15, 0.2) is 0 Å². The Morgan fingerprint density at radius 3 is 2.43 bits per heavy atom. The van der Waals surface area contributed by atoms with Crippen molar-refractivity contribution in [2.45, 2.75) is 18.2 Å². The monoisotopic (exact) mass is 331 g/mol. The summed E-state index contributed by atoms with van der Waals surface area (Å²) >= 11 is 0. The summed E-state index contributed by atoms with van der Waals surface area (Å²) in [6.45, 7) is 1.54. The van der Waals surface area contributed by atoms with Crippen molar-refractivity contribution in [1.29, 1.82) is 5.26 Å². The number of aryl methyl sites for hydroxylation is 1. The molecular formula is C15H13N3O4S. The molecule has 0 saturated heterocycles. The van der Waals surface area contributed by atoms with Crippen molar-refractivity contribution in [1.82, 2.24) is 0 Å². The number of benzene rings is 2. The van der Waals surface area contributed by atoms with Gasteiger partial charge in [-0.2, -0.15) is 5.26 Å². The van der Waals surface area contributed by atoms with Crippen molar-refractivity contribution < 1.29 is 13.3 Å². The fourth-order valence-electron chi connectivity index (χ4n) is 1.95. The van der Waals surface area contributed by atoms with E-state index in [0.717, 1.165) is 11.6 Å². The zero-order valence-corrected chi connectivity index (χ0v) is 13.0. The quantitative estimate of drug-likeness (QED) is 0.668. The molecule has 0 atom stereocenters. The second kappa shape index (κ2) is 6.46. The number of sulfonamides is 1. The minimum Gasteiger partial charge on any atom is -0.280 e. The minimum atomic E-state index is -3.93. The van der Waals surface area contributed by atoms with Gasteiger partial charge < -0.3 is 0 Å². The van der Waals surface area contributed by atoms with Crippen molar-refractivity contribution in [3.05, 3.63) is 63.7 Å². The molecule has 0 saturated carbocycles. The van der Waals surface area contributed by atoms with Crippen LogP contribution in [0.25, 0.3) is 0 Å². The summed E-state index contributed by atoms with van der Waals surface area (Å²) in [5.74, 6) is 0. The highest BCUT2D eigenvalue weighted by Crippen LogP contribution is 2.24. The molecule has 0 amide bonds. The number of nitrogens with one attached hydrogen (secondary N) is 1. The minimum absolute atomic E-state index is 0.184. The van der Waals surface area contributed by atoms with Crippen LogP contribution in [-0.2, 0) is 16.4 Å². The summed E-state index contributed by atoms with van der Waals surface area (Å²) in [6.07, 6.45) is 0.233. The predicted molar refractivity (Wildman–Crippen MR) is 84.4 cm³/mol. The van der Waals surface area contributed by atoms with Crippen molar-refractivity contribution in [2.24, 2.45) is 0 Å². The molecule has 0 aliphatic carbocycles. The summed E-state index contributed by atoms with van der Waals surface area (Å²) in [5.41, 5.74) is 1.21. The van der Waals surface area contributed by atoms with E-state index >= 15 is 0 Å². The summed E-state index contributed by atoms with van der Waals surface area (Å²) in [6, 6.07) is 12.1. The summed E-state index contributed by atoms with van der Waals surface area (Å²) < 4.78 is 27.0. The lowest BCUT2D eigenvalue weighted by atomic mass is 10.1. The number of hydrogen-bond acceptors (Lipinski definition) is 5. The maximum atomic E-state index is 12.3. The molecule has 1 N–H and O–H groups in total. The van der Waals surface area contributed by atoms with E-state index in [2.05, 4.69) is 4.72 Å². The lowest BCUT2D eigenvalue weighted by Crippen LogP contribution is -2.13. The van der Waals surface area contributed by atoms with Gasteiger partial charge in [0.1, 0.15) is 0 Å². The van der Waals surface area contributed by atoms with Crippen molar-refractivity contribution in [2.75, 3.05) is 4.72 Å². The molecule has 0 aliphatic heterocycles. The lowest BCUT2D eigenvalue weighted by Gasteiger charge is -2.09. The smallest absolute Gasteiger partial charge is 0.273 e. The molecular weight excluding hydrogens is 318 g/mol. The van der Waals surface area contributed by atoms with E-state index in [0.29, 0.717) is 11.3 Å². The molecule has 23 heavy (non-hydrogen) atoms. The van der Waals surface area contributed by atoms with Crippen LogP contribution in [0.4, 0.5) is 11.4 Å². The SMILES string of the molecule is Cc1ccc(S(=O)(=O)Nc2ccc(CC#N)cc2)cc1[N+](=O)[O-]. The van der Waals surface area contributed by atoms with Crippen molar-refractivity contribution in [3.63, 3.8) is 0 Å². The van der Waals surface area contributed by atoms with E-state index in [9.17, 15) is 18.5 Å². The molecule has 2 aromatic rings. The first kappa shape index (κ1) is 16.5. The number of anilines is 1. The van der Waals surface area contributed by atoms with Crippen LogP contribution >= 0.6 is 0 Å². The first-order valence-corrected chi connectivity index (χ1v) is 8.05. The third-order valence-electron chi connectivity index (χ3n) is 3.18. The van der Waals surface area contributed by atoms with E-state index in [1.807, 2.05) is 6.07 Å². The highest BCUT2D eigenvalue weighted by atomic mass is 32.2. The number of rotatable bonds is 5. The standard InChI is InChI=1S/C15H13N3O4S/c1-11-2-7-14(10-15(11)18(19)20)23(21,22)17-13-5-3-12(4-6-13)8-9-16/h2-7,10,17H,8H2,1H3. The number of nitro groups is 1. The Labute approximate surface area is 133 Å². The molecule has 0 aliphatic rings. The van der Waals surface area contributed by atoms with Gasteiger partial charge in [-0.25, -0.2) is 8.42 Å². The molecule has 118 valence electrons. The average Bonchev–Trinajstić information content (AvgIpc) is 2.49. The van der Waals surface area contributed by atoms with Gasteiger partial charge in [-0.1, -0.05) is 18.2 Å². The van der Waals surface area contributed by atoms with E-state index < -0.39 is 14.9 Å². The molecule has 0 spiro atoms. The fraction of sp³-hybridized carbons (Fsp3) is 0.133. The Morgan fingerprint density at radius 1 is 1.22 bits per heavy atom. The van der Waals surface area contributed by atoms with Gasteiger partial charge >= 0.3 is 0 Å². The van der Waals surface area contributed by atoms with Gasteiger partial charge in [0.25, 0.3) is 15.7 Å². The molecule has 7 nitrogen and oxygen atoms in total. The van der Waals surface area contributed by atoms with Crippen LogP contribution in [0, 0.1) is 28.4 Å². The molecule has 2 rings (SSSR count). The molecule has 0 bridgehead atoms. The molecule has 0 fully saturated rings. The molecule has 0 radical (unpaired) electrons. The molecule has 0 heterocycles. The van der Waals surface area contributed by atoms with Crippen LogP contribution in [0.1, 0.15) is 11.1 Å². The molecule has 0 unspecified atom stereocenters. The average molecular weight is 331 g/mol. The topological polar surface area (TPSA) is 113 Å². The largest absolute Gasteiger partial charge is 0.280 e. The van der Waals surface area contributed by atoms with Crippen molar-refractivity contribution in [3.8, 4) is 6.07 Å². The maximum absolute atomic E-state index is 12.3. The molecule has 0 aromatic heterocycles. The summed E-state index contributed by atoms with van der Waals surface area (Å²) in [5, 5.41) is 19.5. The van der Waals surface area contributed by atoms with Crippen LogP contribution in [-0.4, -0.2) is 13.3 Å².